The van der Waals surface area contributed by atoms with Crippen LogP contribution >= 0.6 is 0 Å². The Morgan fingerprint density at radius 3 is 2.75 bits per heavy atom. The highest BCUT2D eigenvalue weighted by Gasteiger charge is 2.03. The van der Waals surface area contributed by atoms with Gasteiger partial charge in [-0.2, -0.15) is 0 Å². The summed E-state index contributed by atoms with van der Waals surface area (Å²) in [4.78, 5) is 8.50. The van der Waals surface area contributed by atoms with E-state index in [-0.39, 0.29) is 0 Å². The smallest absolute Gasteiger partial charge is 0.316 e. The van der Waals surface area contributed by atoms with E-state index in [1.165, 1.54) is 0 Å². The lowest BCUT2D eigenvalue weighted by Gasteiger charge is -2.08. The summed E-state index contributed by atoms with van der Waals surface area (Å²) in [7, 11) is 1.91. The Labute approximate surface area is 97.5 Å². The summed E-state index contributed by atoms with van der Waals surface area (Å²) >= 11 is 0. The van der Waals surface area contributed by atoms with Crippen molar-refractivity contribution >= 4 is 0 Å². The molecule has 1 aromatic heterocycles. The molecule has 16 heavy (non-hydrogen) atoms. The first-order chi connectivity index (χ1) is 7.63. The maximum absolute atomic E-state index is 5.49. The second kappa shape index (κ2) is 6.43. The molecule has 0 atom stereocenters. The van der Waals surface area contributed by atoms with Gasteiger partial charge in [0.1, 0.15) is 0 Å². The largest absolute Gasteiger partial charge is 0.463 e. The number of aryl methyl sites for hydroxylation is 1. The number of aromatic nitrogens is 2. The van der Waals surface area contributed by atoms with Crippen molar-refractivity contribution in [2.24, 2.45) is 5.92 Å². The predicted octanol–water partition coefficient (Wildman–Crippen LogP) is 1.93. The van der Waals surface area contributed by atoms with Crippen molar-refractivity contribution < 1.29 is 4.74 Å². The van der Waals surface area contributed by atoms with Crippen LogP contribution < -0.4 is 10.1 Å². The third kappa shape index (κ3) is 4.14. The lowest BCUT2D eigenvalue weighted by atomic mass is 10.1. The van der Waals surface area contributed by atoms with Crippen LogP contribution in [-0.2, 0) is 6.54 Å². The van der Waals surface area contributed by atoms with Crippen LogP contribution in [0.3, 0.4) is 0 Å². The molecule has 0 aromatic carbocycles. The molecular weight excluding hydrogens is 202 g/mol. The minimum atomic E-state index is 0.484. The first kappa shape index (κ1) is 12.9. The van der Waals surface area contributed by atoms with Gasteiger partial charge in [0.2, 0.25) is 0 Å². The van der Waals surface area contributed by atoms with Gasteiger partial charge in [0, 0.05) is 24.0 Å². The predicted molar refractivity (Wildman–Crippen MR) is 64.5 cm³/mol. The molecule has 0 bridgehead atoms. The van der Waals surface area contributed by atoms with E-state index in [1.807, 2.05) is 20.2 Å². The molecular formula is C12H21N3O. The zero-order valence-electron chi connectivity index (χ0n) is 10.6. The van der Waals surface area contributed by atoms with Gasteiger partial charge in [0.25, 0.3) is 0 Å². The third-order valence-electron chi connectivity index (χ3n) is 2.35. The molecule has 1 N–H and O–H groups in total. The molecule has 1 rings (SSSR count). The summed E-state index contributed by atoms with van der Waals surface area (Å²) in [6.45, 7) is 7.79. The van der Waals surface area contributed by atoms with Crippen molar-refractivity contribution in [1.29, 1.82) is 0 Å². The van der Waals surface area contributed by atoms with Gasteiger partial charge < -0.3 is 10.1 Å². The maximum atomic E-state index is 5.49. The molecule has 1 aromatic rings. The highest BCUT2D eigenvalue weighted by atomic mass is 16.5. The molecule has 0 saturated carbocycles. The highest BCUT2D eigenvalue weighted by molar-refractivity contribution is 5.17. The molecule has 0 aliphatic rings. The maximum Gasteiger partial charge on any atom is 0.316 e. The van der Waals surface area contributed by atoms with Crippen molar-refractivity contribution in [2.75, 3.05) is 13.7 Å². The molecule has 0 amide bonds. The first-order valence-electron chi connectivity index (χ1n) is 5.73. The molecule has 0 unspecified atom stereocenters. The Morgan fingerprint density at radius 1 is 1.44 bits per heavy atom. The fourth-order valence-corrected chi connectivity index (χ4v) is 1.29. The van der Waals surface area contributed by atoms with E-state index < -0.39 is 0 Å². The Balaban J connectivity index is 2.52. The normalized spacial score (nSPS) is 10.8. The van der Waals surface area contributed by atoms with Gasteiger partial charge in [-0.05, 0) is 26.3 Å². The number of nitrogens with one attached hydrogen (secondary N) is 1. The van der Waals surface area contributed by atoms with Crippen molar-refractivity contribution in [1.82, 2.24) is 15.3 Å². The number of rotatable bonds is 6. The summed E-state index contributed by atoms with van der Waals surface area (Å²) < 4.78 is 5.49. The molecule has 90 valence electrons. The Morgan fingerprint density at radius 2 is 2.19 bits per heavy atom. The molecule has 0 fully saturated rings. The fraction of sp³-hybridized carbons (Fsp3) is 0.667. The van der Waals surface area contributed by atoms with Crippen LogP contribution in [0.2, 0.25) is 0 Å². The highest BCUT2D eigenvalue weighted by Crippen LogP contribution is 2.09. The molecule has 0 spiro atoms. The van der Waals surface area contributed by atoms with E-state index in [4.69, 9.17) is 4.74 Å². The lowest BCUT2D eigenvalue weighted by molar-refractivity contribution is 0.267. The summed E-state index contributed by atoms with van der Waals surface area (Å²) in [5.74, 6) is 0.643. The molecule has 4 heteroatoms. The van der Waals surface area contributed by atoms with Crippen LogP contribution in [0.25, 0.3) is 0 Å². The average molecular weight is 223 g/mol. The number of hydrogen-bond acceptors (Lipinski definition) is 4. The molecule has 0 radical (unpaired) electrons. The Hall–Kier alpha value is -1.16. The topological polar surface area (TPSA) is 47.0 Å². The van der Waals surface area contributed by atoms with Crippen molar-refractivity contribution in [3.8, 4) is 6.01 Å². The zero-order chi connectivity index (χ0) is 12.0. The standard InChI is InChI=1S/C12H21N3O/c1-9(2)5-6-16-12-14-8-11(7-13-4)10(3)15-12/h8-9,13H,5-7H2,1-4H3. The number of hydrogen-bond donors (Lipinski definition) is 1. The number of ether oxygens (including phenoxy) is 1. The van der Waals surface area contributed by atoms with Gasteiger partial charge in [-0.3, -0.25) is 0 Å². The van der Waals surface area contributed by atoms with Gasteiger partial charge in [0.15, 0.2) is 0 Å². The van der Waals surface area contributed by atoms with Gasteiger partial charge in [-0.1, -0.05) is 13.8 Å². The van der Waals surface area contributed by atoms with E-state index >= 15 is 0 Å². The van der Waals surface area contributed by atoms with E-state index in [2.05, 4.69) is 29.1 Å². The first-order valence-corrected chi connectivity index (χ1v) is 5.73. The monoisotopic (exact) mass is 223 g/mol. The Bertz CT molecular complexity index is 326. The SMILES string of the molecule is CNCc1cnc(OCCC(C)C)nc1C. The minimum Gasteiger partial charge on any atom is -0.463 e. The van der Waals surface area contributed by atoms with Crippen molar-refractivity contribution in [3.63, 3.8) is 0 Å². The quantitative estimate of drug-likeness (QED) is 0.800. The van der Waals surface area contributed by atoms with Crippen LogP contribution in [0.15, 0.2) is 6.20 Å². The van der Waals surface area contributed by atoms with Gasteiger partial charge >= 0.3 is 6.01 Å². The van der Waals surface area contributed by atoms with E-state index in [1.54, 1.807) is 0 Å². The summed E-state index contributed by atoms with van der Waals surface area (Å²) in [5, 5.41) is 3.08. The Kier molecular flexibility index (Phi) is 5.19. The van der Waals surface area contributed by atoms with Crippen LogP contribution in [0.1, 0.15) is 31.5 Å². The molecule has 0 saturated heterocycles. The molecule has 4 nitrogen and oxygen atoms in total. The summed E-state index contributed by atoms with van der Waals surface area (Å²) in [5.41, 5.74) is 2.09. The third-order valence-corrected chi connectivity index (χ3v) is 2.35. The molecule has 0 aliphatic heterocycles. The van der Waals surface area contributed by atoms with E-state index in [9.17, 15) is 0 Å². The van der Waals surface area contributed by atoms with Gasteiger partial charge in [-0.25, -0.2) is 9.97 Å². The molecule has 1 heterocycles. The minimum absolute atomic E-state index is 0.484. The van der Waals surface area contributed by atoms with Crippen LogP contribution in [0, 0.1) is 12.8 Å². The van der Waals surface area contributed by atoms with Crippen LogP contribution in [0.4, 0.5) is 0 Å². The van der Waals surface area contributed by atoms with Crippen LogP contribution in [-0.4, -0.2) is 23.6 Å². The lowest BCUT2D eigenvalue weighted by Crippen LogP contribution is -2.10. The summed E-state index contributed by atoms with van der Waals surface area (Å²) in [6, 6.07) is 0.484. The van der Waals surface area contributed by atoms with E-state index in [0.29, 0.717) is 18.5 Å². The second-order valence-corrected chi connectivity index (χ2v) is 4.32. The van der Waals surface area contributed by atoms with Gasteiger partial charge in [-0.15, -0.1) is 0 Å². The average Bonchev–Trinajstić information content (AvgIpc) is 2.21. The van der Waals surface area contributed by atoms with Gasteiger partial charge in [0.05, 0.1) is 6.61 Å². The summed E-state index contributed by atoms with van der Waals surface area (Å²) in [6.07, 6.45) is 2.85. The zero-order valence-corrected chi connectivity index (χ0v) is 10.6. The van der Waals surface area contributed by atoms with E-state index in [0.717, 1.165) is 24.2 Å². The number of nitrogens with zero attached hydrogens (tertiary/aromatic N) is 2. The van der Waals surface area contributed by atoms with Crippen molar-refractivity contribution in [3.05, 3.63) is 17.5 Å². The fourth-order valence-electron chi connectivity index (χ4n) is 1.29. The van der Waals surface area contributed by atoms with Crippen molar-refractivity contribution in [2.45, 2.75) is 33.7 Å². The van der Waals surface area contributed by atoms with Crippen LogP contribution in [0.5, 0.6) is 6.01 Å². The second-order valence-electron chi connectivity index (χ2n) is 4.32. The molecule has 0 aliphatic carbocycles.